The van der Waals surface area contributed by atoms with Crippen molar-refractivity contribution in [1.82, 2.24) is 0 Å². The molecule has 0 bridgehead atoms. The van der Waals surface area contributed by atoms with E-state index in [2.05, 4.69) is 0 Å². The average Bonchev–Trinajstić information content (AvgIpc) is 2.84. The Bertz CT molecular complexity index is 512. The quantitative estimate of drug-likeness (QED) is 0.840. The second kappa shape index (κ2) is 6.03. The first-order valence-electron chi connectivity index (χ1n) is 7.63. The minimum Gasteiger partial charge on any atom is -0.454 e. The molecule has 3 rings (SSSR count). The second-order valence-electron chi connectivity index (χ2n) is 6.12. The maximum absolute atomic E-state index is 10.9. The number of nitrogens with two attached hydrogens (primary N) is 1. The number of rotatable bonds is 3. The number of aliphatic hydroxyl groups excluding tert-OH is 1. The molecule has 1 aromatic carbocycles. The first kappa shape index (κ1) is 14.9. The van der Waals surface area contributed by atoms with E-state index in [9.17, 15) is 5.11 Å². The van der Waals surface area contributed by atoms with E-state index < -0.39 is 6.10 Å². The molecule has 1 fully saturated rings. The molecule has 1 unspecified atom stereocenters. The summed E-state index contributed by atoms with van der Waals surface area (Å²) in [7, 11) is 0. The first-order valence-corrected chi connectivity index (χ1v) is 8.01. The molecule has 0 radical (unpaired) electrons. The van der Waals surface area contributed by atoms with Gasteiger partial charge in [-0.25, -0.2) is 0 Å². The molecule has 5 heteroatoms. The van der Waals surface area contributed by atoms with Crippen molar-refractivity contribution < 1.29 is 14.6 Å². The summed E-state index contributed by atoms with van der Waals surface area (Å²) in [5.41, 5.74) is 6.57. The molecule has 0 aromatic heterocycles. The fraction of sp³-hybridized carbons (Fsp3) is 0.625. The Kier molecular flexibility index (Phi) is 4.29. The van der Waals surface area contributed by atoms with Gasteiger partial charge in [0.15, 0.2) is 11.5 Å². The zero-order valence-corrected chi connectivity index (χ0v) is 12.9. The third-order valence-electron chi connectivity index (χ3n) is 4.85. The lowest BCUT2D eigenvalue weighted by Crippen LogP contribution is -2.36. The van der Waals surface area contributed by atoms with E-state index in [4.69, 9.17) is 26.8 Å². The van der Waals surface area contributed by atoms with Gasteiger partial charge in [-0.05, 0) is 30.5 Å². The highest BCUT2D eigenvalue weighted by molar-refractivity contribution is 6.32. The van der Waals surface area contributed by atoms with E-state index in [0.717, 1.165) is 31.2 Å². The number of aliphatic hydroxyl groups is 1. The van der Waals surface area contributed by atoms with Crippen LogP contribution in [-0.4, -0.2) is 18.4 Å². The number of fused-ring (bicyclic) bond motifs is 1. The molecule has 3 N–H and O–H groups in total. The Morgan fingerprint density at radius 2 is 1.90 bits per heavy atom. The molecular formula is C16H22ClNO3. The summed E-state index contributed by atoms with van der Waals surface area (Å²) in [6.07, 6.45) is 5.96. The van der Waals surface area contributed by atoms with E-state index in [1.54, 1.807) is 6.07 Å². The third kappa shape index (κ3) is 2.72. The van der Waals surface area contributed by atoms with Crippen LogP contribution < -0.4 is 15.2 Å². The summed E-state index contributed by atoms with van der Waals surface area (Å²) < 4.78 is 10.7. The van der Waals surface area contributed by atoms with E-state index in [-0.39, 0.29) is 12.2 Å². The van der Waals surface area contributed by atoms with Crippen molar-refractivity contribution >= 4 is 11.6 Å². The smallest absolute Gasteiger partial charge is 0.231 e. The van der Waals surface area contributed by atoms with Gasteiger partial charge in [-0.15, -0.1) is 0 Å². The van der Waals surface area contributed by atoms with Gasteiger partial charge in [-0.2, -0.15) is 0 Å². The van der Waals surface area contributed by atoms with Gasteiger partial charge in [0.05, 0.1) is 11.1 Å². The normalized spacial score (nSPS) is 21.9. The topological polar surface area (TPSA) is 64.7 Å². The summed E-state index contributed by atoms with van der Waals surface area (Å²) in [6.45, 7) is 0.664. The van der Waals surface area contributed by atoms with Crippen molar-refractivity contribution in [2.24, 2.45) is 11.1 Å². The maximum Gasteiger partial charge on any atom is 0.231 e. The zero-order chi connectivity index (χ0) is 14.9. The van der Waals surface area contributed by atoms with Crippen LogP contribution in [-0.2, 0) is 0 Å². The van der Waals surface area contributed by atoms with Crippen molar-refractivity contribution in [2.45, 2.75) is 44.6 Å². The molecule has 2 aliphatic rings. The molecule has 1 saturated carbocycles. The van der Waals surface area contributed by atoms with Gasteiger partial charge in [0.25, 0.3) is 0 Å². The van der Waals surface area contributed by atoms with Crippen LogP contribution in [0.25, 0.3) is 0 Å². The summed E-state index contributed by atoms with van der Waals surface area (Å²) in [6, 6.07) is 3.61. The SMILES string of the molecule is NCC1(C(O)c2cc(Cl)c3c(c2)OCO3)CCCCCC1. The molecule has 4 nitrogen and oxygen atoms in total. The minimum atomic E-state index is -0.618. The fourth-order valence-corrected chi connectivity index (χ4v) is 3.79. The molecule has 116 valence electrons. The lowest BCUT2D eigenvalue weighted by molar-refractivity contribution is 0.0165. The van der Waals surface area contributed by atoms with Crippen molar-refractivity contribution in [1.29, 1.82) is 0 Å². The lowest BCUT2D eigenvalue weighted by atomic mass is 9.73. The molecule has 1 aliphatic heterocycles. The monoisotopic (exact) mass is 311 g/mol. The third-order valence-corrected chi connectivity index (χ3v) is 5.13. The standard InChI is InChI=1S/C16H22ClNO3/c17-12-7-11(8-13-14(12)21-10-20-13)15(19)16(9-18)5-3-1-2-4-6-16/h7-8,15,19H,1-6,9-10,18H2. The highest BCUT2D eigenvalue weighted by Crippen LogP contribution is 2.48. The van der Waals surface area contributed by atoms with Crippen LogP contribution in [0, 0.1) is 5.41 Å². The number of ether oxygens (including phenoxy) is 2. The van der Waals surface area contributed by atoms with Crippen molar-refractivity contribution in [3.8, 4) is 11.5 Å². The predicted molar refractivity (Wildman–Crippen MR) is 81.7 cm³/mol. The molecule has 1 aromatic rings. The van der Waals surface area contributed by atoms with Crippen molar-refractivity contribution in [2.75, 3.05) is 13.3 Å². The largest absolute Gasteiger partial charge is 0.454 e. The molecule has 1 heterocycles. The summed E-state index contributed by atoms with van der Waals surface area (Å²) >= 11 is 6.23. The van der Waals surface area contributed by atoms with Gasteiger partial charge >= 0.3 is 0 Å². The van der Waals surface area contributed by atoms with Gasteiger partial charge in [0.1, 0.15) is 0 Å². The Morgan fingerprint density at radius 3 is 2.57 bits per heavy atom. The summed E-state index contributed by atoms with van der Waals surface area (Å²) in [5, 5.41) is 11.4. The van der Waals surface area contributed by atoms with Crippen LogP contribution in [0.2, 0.25) is 5.02 Å². The molecule has 0 spiro atoms. The van der Waals surface area contributed by atoms with Gasteiger partial charge < -0.3 is 20.3 Å². The zero-order valence-electron chi connectivity index (χ0n) is 12.1. The number of benzene rings is 1. The van der Waals surface area contributed by atoms with E-state index >= 15 is 0 Å². The summed E-state index contributed by atoms with van der Waals surface area (Å²) in [4.78, 5) is 0. The van der Waals surface area contributed by atoms with Crippen LogP contribution in [0.3, 0.4) is 0 Å². The first-order chi connectivity index (χ1) is 10.2. The Balaban J connectivity index is 1.93. The van der Waals surface area contributed by atoms with Gasteiger partial charge in [-0.1, -0.05) is 37.3 Å². The van der Waals surface area contributed by atoms with Gasteiger partial charge in [-0.3, -0.25) is 0 Å². The number of hydrogen-bond acceptors (Lipinski definition) is 4. The Hall–Kier alpha value is -0.970. The van der Waals surface area contributed by atoms with Crippen molar-refractivity contribution in [3.05, 3.63) is 22.7 Å². The number of halogens is 1. The van der Waals surface area contributed by atoms with Gasteiger partial charge in [0.2, 0.25) is 6.79 Å². The summed E-state index contributed by atoms with van der Waals surface area (Å²) in [5.74, 6) is 1.17. The van der Waals surface area contributed by atoms with Crippen LogP contribution in [0.4, 0.5) is 0 Å². The minimum absolute atomic E-state index is 0.177. The molecule has 1 aliphatic carbocycles. The molecule has 0 saturated heterocycles. The van der Waals surface area contributed by atoms with Gasteiger partial charge in [0, 0.05) is 12.0 Å². The van der Waals surface area contributed by atoms with E-state index in [1.807, 2.05) is 6.07 Å². The predicted octanol–water partition coefficient (Wildman–Crippen LogP) is 3.40. The average molecular weight is 312 g/mol. The molecule has 0 amide bonds. The van der Waals surface area contributed by atoms with Crippen molar-refractivity contribution in [3.63, 3.8) is 0 Å². The molecule has 1 atom stereocenters. The Labute approximate surface area is 130 Å². The van der Waals surface area contributed by atoms with Crippen LogP contribution >= 0.6 is 11.6 Å². The fourth-order valence-electron chi connectivity index (χ4n) is 3.52. The highest BCUT2D eigenvalue weighted by atomic mass is 35.5. The second-order valence-corrected chi connectivity index (χ2v) is 6.53. The van der Waals surface area contributed by atoms with Crippen LogP contribution in [0.15, 0.2) is 12.1 Å². The Morgan fingerprint density at radius 1 is 1.19 bits per heavy atom. The molecule has 21 heavy (non-hydrogen) atoms. The van der Waals surface area contributed by atoms with Crippen LogP contribution in [0.1, 0.15) is 50.2 Å². The highest BCUT2D eigenvalue weighted by Gasteiger charge is 2.38. The lowest BCUT2D eigenvalue weighted by Gasteiger charge is -2.36. The number of hydrogen-bond donors (Lipinski definition) is 2. The maximum atomic E-state index is 10.9. The van der Waals surface area contributed by atoms with Crippen LogP contribution in [0.5, 0.6) is 11.5 Å². The molecular weight excluding hydrogens is 290 g/mol. The van der Waals surface area contributed by atoms with E-state index in [0.29, 0.717) is 23.1 Å². The van der Waals surface area contributed by atoms with E-state index in [1.165, 1.54) is 12.8 Å².